The molecule has 1 atom stereocenters. The third-order valence-corrected chi connectivity index (χ3v) is 4.45. The van der Waals surface area contributed by atoms with Crippen LogP contribution in [0.3, 0.4) is 0 Å². The number of aliphatic hydroxyl groups excluding tert-OH is 1. The Labute approximate surface area is 147 Å². The van der Waals surface area contributed by atoms with Crippen LogP contribution < -0.4 is 5.32 Å². The summed E-state index contributed by atoms with van der Waals surface area (Å²) in [7, 11) is 0. The monoisotopic (exact) mass is 338 g/mol. The summed E-state index contributed by atoms with van der Waals surface area (Å²) in [5.74, 6) is -0.0397. The van der Waals surface area contributed by atoms with Crippen molar-refractivity contribution in [1.29, 1.82) is 0 Å². The summed E-state index contributed by atoms with van der Waals surface area (Å²) in [5.41, 5.74) is 2.40. The van der Waals surface area contributed by atoms with Crippen molar-refractivity contribution in [2.24, 2.45) is 0 Å². The van der Waals surface area contributed by atoms with Gasteiger partial charge in [-0.15, -0.1) is 0 Å². The van der Waals surface area contributed by atoms with Crippen LogP contribution in [0.25, 0.3) is 0 Å². The summed E-state index contributed by atoms with van der Waals surface area (Å²) < 4.78 is 0. The van der Waals surface area contributed by atoms with Crippen molar-refractivity contribution in [3.05, 3.63) is 71.3 Å². The third kappa shape index (κ3) is 4.25. The van der Waals surface area contributed by atoms with Gasteiger partial charge >= 0.3 is 0 Å². The minimum Gasteiger partial charge on any atom is -0.394 e. The number of aliphatic hydroxyl groups is 1. The van der Waals surface area contributed by atoms with Gasteiger partial charge in [0.1, 0.15) is 0 Å². The average molecular weight is 338 g/mol. The van der Waals surface area contributed by atoms with E-state index in [4.69, 9.17) is 0 Å². The van der Waals surface area contributed by atoms with Gasteiger partial charge in [0, 0.05) is 25.1 Å². The van der Waals surface area contributed by atoms with Crippen LogP contribution in [0.5, 0.6) is 0 Å². The highest BCUT2D eigenvalue weighted by molar-refractivity contribution is 5.94. The number of carbonyl (C=O) groups is 2. The summed E-state index contributed by atoms with van der Waals surface area (Å²) in [5, 5.41) is 12.4. The quantitative estimate of drug-likeness (QED) is 0.849. The summed E-state index contributed by atoms with van der Waals surface area (Å²) in [6.45, 7) is 1.23. The SMILES string of the molecule is O=C(NC(CO)c1ccccc1)c1ccc(CN2CCCC2=O)cc1. The molecule has 0 saturated carbocycles. The number of carbonyl (C=O) groups excluding carboxylic acids is 2. The smallest absolute Gasteiger partial charge is 0.251 e. The molecule has 5 nitrogen and oxygen atoms in total. The molecule has 1 heterocycles. The lowest BCUT2D eigenvalue weighted by Crippen LogP contribution is -2.30. The fourth-order valence-electron chi connectivity index (χ4n) is 3.01. The molecule has 1 fully saturated rings. The molecule has 1 aliphatic rings. The summed E-state index contributed by atoms with van der Waals surface area (Å²) in [6, 6.07) is 16.2. The second kappa shape index (κ2) is 7.94. The van der Waals surface area contributed by atoms with E-state index in [0.717, 1.165) is 24.1 Å². The van der Waals surface area contributed by atoms with Gasteiger partial charge < -0.3 is 15.3 Å². The standard InChI is InChI=1S/C20H22N2O3/c23-14-18(16-5-2-1-3-6-16)21-20(25)17-10-8-15(9-11-17)13-22-12-4-7-19(22)24/h1-3,5-6,8-11,18,23H,4,7,12-14H2,(H,21,25). The van der Waals surface area contributed by atoms with E-state index in [1.54, 1.807) is 12.1 Å². The molecule has 2 aromatic rings. The first-order valence-corrected chi connectivity index (χ1v) is 8.51. The minimum absolute atomic E-state index is 0.162. The topological polar surface area (TPSA) is 69.6 Å². The van der Waals surface area contributed by atoms with Crippen molar-refractivity contribution < 1.29 is 14.7 Å². The van der Waals surface area contributed by atoms with E-state index in [0.29, 0.717) is 18.5 Å². The summed E-state index contributed by atoms with van der Waals surface area (Å²) in [4.78, 5) is 25.9. The van der Waals surface area contributed by atoms with Crippen molar-refractivity contribution in [2.45, 2.75) is 25.4 Å². The highest BCUT2D eigenvalue weighted by Gasteiger charge is 2.20. The zero-order valence-electron chi connectivity index (χ0n) is 14.0. The van der Waals surface area contributed by atoms with Crippen LogP contribution in [0.4, 0.5) is 0 Å². The van der Waals surface area contributed by atoms with Crippen LogP contribution in [0.1, 0.15) is 40.4 Å². The Bertz CT molecular complexity index is 728. The number of rotatable bonds is 6. The Hall–Kier alpha value is -2.66. The van der Waals surface area contributed by atoms with Gasteiger partial charge in [-0.3, -0.25) is 9.59 Å². The van der Waals surface area contributed by atoms with E-state index in [1.165, 1.54) is 0 Å². The molecule has 0 aromatic heterocycles. The molecule has 0 bridgehead atoms. The van der Waals surface area contributed by atoms with Crippen molar-refractivity contribution in [1.82, 2.24) is 10.2 Å². The Kier molecular flexibility index (Phi) is 5.46. The van der Waals surface area contributed by atoms with E-state index >= 15 is 0 Å². The Balaban J connectivity index is 1.63. The van der Waals surface area contributed by atoms with Crippen LogP contribution in [0.2, 0.25) is 0 Å². The van der Waals surface area contributed by atoms with Crippen molar-refractivity contribution >= 4 is 11.8 Å². The molecule has 25 heavy (non-hydrogen) atoms. The molecule has 0 radical (unpaired) electrons. The maximum atomic E-state index is 12.4. The van der Waals surface area contributed by atoms with Gasteiger partial charge in [-0.2, -0.15) is 0 Å². The highest BCUT2D eigenvalue weighted by Crippen LogP contribution is 2.16. The number of nitrogens with one attached hydrogen (secondary N) is 1. The molecule has 1 unspecified atom stereocenters. The molecule has 1 aliphatic heterocycles. The zero-order chi connectivity index (χ0) is 17.6. The van der Waals surface area contributed by atoms with Crippen molar-refractivity contribution in [3.8, 4) is 0 Å². The predicted octanol–water partition coefficient (Wildman–Crippen LogP) is 2.27. The number of nitrogens with zero attached hydrogens (tertiary/aromatic N) is 1. The van der Waals surface area contributed by atoms with Gasteiger partial charge in [-0.05, 0) is 29.7 Å². The molecular formula is C20H22N2O3. The molecule has 0 aliphatic carbocycles. The van der Waals surface area contributed by atoms with Crippen LogP contribution in [-0.4, -0.2) is 35.0 Å². The van der Waals surface area contributed by atoms with E-state index in [9.17, 15) is 14.7 Å². The molecule has 3 rings (SSSR count). The second-order valence-electron chi connectivity index (χ2n) is 6.24. The molecule has 130 valence electrons. The molecule has 1 saturated heterocycles. The normalized spacial score (nSPS) is 15.2. The van der Waals surface area contributed by atoms with Crippen LogP contribution in [0.15, 0.2) is 54.6 Å². The molecular weight excluding hydrogens is 316 g/mol. The Morgan fingerprint density at radius 1 is 1.12 bits per heavy atom. The van der Waals surface area contributed by atoms with Crippen LogP contribution >= 0.6 is 0 Å². The average Bonchev–Trinajstić information content (AvgIpc) is 3.05. The number of hydrogen-bond donors (Lipinski definition) is 2. The van der Waals surface area contributed by atoms with E-state index in [2.05, 4.69) is 5.32 Å². The first-order chi connectivity index (χ1) is 12.2. The first kappa shape index (κ1) is 17.2. The maximum Gasteiger partial charge on any atom is 0.251 e. The largest absolute Gasteiger partial charge is 0.394 e. The third-order valence-electron chi connectivity index (χ3n) is 4.45. The molecule has 2 aromatic carbocycles. The Morgan fingerprint density at radius 2 is 1.84 bits per heavy atom. The van der Waals surface area contributed by atoms with Gasteiger partial charge in [0.15, 0.2) is 0 Å². The van der Waals surface area contributed by atoms with Crippen LogP contribution in [-0.2, 0) is 11.3 Å². The number of hydrogen-bond acceptors (Lipinski definition) is 3. The molecule has 2 N–H and O–H groups in total. The highest BCUT2D eigenvalue weighted by atomic mass is 16.3. The van der Waals surface area contributed by atoms with E-state index < -0.39 is 6.04 Å². The maximum absolute atomic E-state index is 12.4. The van der Waals surface area contributed by atoms with E-state index in [1.807, 2.05) is 47.4 Å². The second-order valence-corrected chi connectivity index (χ2v) is 6.24. The molecule has 2 amide bonds. The number of benzene rings is 2. The van der Waals surface area contributed by atoms with Gasteiger partial charge in [-0.1, -0.05) is 42.5 Å². The van der Waals surface area contributed by atoms with Crippen molar-refractivity contribution in [2.75, 3.05) is 13.2 Å². The van der Waals surface area contributed by atoms with Gasteiger partial charge in [0.2, 0.25) is 5.91 Å². The lowest BCUT2D eigenvalue weighted by molar-refractivity contribution is -0.128. The lowest BCUT2D eigenvalue weighted by atomic mass is 10.1. The predicted molar refractivity (Wildman–Crippen MR) is 94.8 cm³/mol. The van der Waals surface area contributed by atoms with Crippen LogP contribution in [0, 0.1) is 0 Å². The van der Waals surface area contributed by atoms with E-state index in [-0.39, 0.29) is 18.4 Å². The van der Waals surface area contributed by atoms with Gasteiger partial charge in [0.05, 0.1) is 12.6 Å². The van der Waals surface area contributed by atoms with Gasteiger partial charge in [-0.25, -0.2) is 0 Å². The van der Waals surface area contributed by atoms with Gasteiger partial charge in [0.25, 0.3) is 5.91 Å². The first-order valence-electron chi connectivity index (χ1n) is 8.51. The molecule has 5 heteroatoms. The fourth-order valence-corrected chi connectivity index (χ4v) is 3.01. The molecule has 0 spiro atoms. The Morgan fingerprint density at radius 3 is 2.44 bits per heavy atom. The lowest BCUT2D eigenvalue weighted by Gasteiger charge is -2.17. The number of amides is 2. The minimum atomic E-state index is -0.435. The summed E-state index contributed by atoms with van der Waals surface area (Å²) in [6.07, 6.45) is 1.55. The zero-order valence-corrected chi connectivity index (χ0v) is 14.0. The number of likely N-dealkylation sites (tertiary alicyclic amines) is 1. The summed E-state index contributed by atoms with van der Waals surface area (Å²) >= 11 is 0. The van der Waals surface area contributed by atoms with Crippen molar-refractivity contribution in [3.63, 3.8) is 0 Å². The fraction of sp³-hybridized carbons (Fsp3) is 0.300.